The summed E-state index contributed by atoms with van der Waals surface area (Å²) in [6.45, 7) is 3.08. The Bertz CT molecular complexity index is 208. The zero-order chi connectivity index (χ0) is 11.8. The maximum atomic E-state index is 11.8. The van der Waals surface area contributed by atoms with E-state index in [1.807, 2.05) is 23.7 Å². The Kier molecular flexibility index (Phi) is 7.32. The SMILES string of the molecule is CSCCN(C)C(=O)CSC1CCNCC1. The molecule has 0 aliphatic carbocycles. The zero-order valence-corrected chi connectivity index (χ0v) is 11.8. The summed E-state index contributed by atoms with van der Waals surface area (Å²) in [7, 11) is 1.90. The van der Waals surface area contributed by atoms with Crippen LogP contribution in [-0.4, -0.2) is 60.5 Å². The van der Waals surface area contributed by atoms with Crippen molar-refractivity contribution >= 4 is 29.4 Å². The second kappa shape index (κ2) is 8.25. The van der Waals surface area contributed by atoms with Crippen molar-refractivity contribution in [1.82, 2.24) is 10.2 Å². The summed E-state index contributed by atoms with van der Waals surface area (Å²) in [5.41, 5.74) is 0. The van der Waals surface area contributed by atoms with Crippen molar-refractivity contribution in [2.24, 2.45) is 0 Å². The summed E-state index contributed by atoms with van der Waals surface area (Å²) in [5, 5.41) is 4.02. The lowest BCUT2D eigenvalue weighted by Crippen LogP contribution is -2.33. The molecule has 0 saturated carbocycles. The van der Waals surface area contributed by atoms with E-state index >= 15 is 0 Å². The summed E-state index contributed by atoms with van der Waals surface area (Å²) in [4.78, 5) is 13.6. The second-order valence-electron chi connectivity index (χ2n) is 4.07. The summed E-state index contributed by atoms with van der Waals surface area (Å²) >= 11 is 3.61. The highest BCUT2D eigenvalue weighted by atomic mass is 32.2. The van der Waals surface area contributed by atoms with E-state index < -0.39 is 0 Å². The van der Waals surface area contributed by atoms with Crippen molar-refractivity contribution in [2.75, 3.05) is 44.4 Å². The molecule has 5 heteroatoms. The van der Waals surface area contributed by atoms with Crippen LogP contribution in [0.3, 0.4) is 0 Å². The van der Waals surface area contributed by atoms with E-state index in [1.54, 1.807) is 11.8 Å². The molecular formula is C11H22N2OS2. The minimum Gasteiger partial charge on any atom is -0.344 e. The Hall–Kier alpha value is 0.130. The van der Waals surface area contributed by atoms with Crippen LogP contribution in [0.15, 0.2) is 0 Å². The van der Waals surface area contributed by atoms with Crippen LogP contribution in [0.2, 0.25) is 0 Å². The number of rotatable bonds is 6. The van der Waals surface area contributed by atoms with Gasteiger partial charge in [0.05, 0.1) is 5.75 Å². The molecule has 0 unspecified atom stereocenters. The lowest BCUT2D eigenvalue weighted by molar-refractivity contribution is -0.126. The molecule has 0 spiro atoms. The van der Waals surface area contributed by atoms with Gasteiger partial charge >= 0.3 is 0 Å². The third kappa shape index (κ3) is 5.46. The molecule has 0 bridgehead atoms. The molecule has 3 nitrogen and oxygen atoms in total. The number of piperidine rings is 1. The van der Waals surface area contributed by atoms with E-state index in [4.69, 9.17) is 0 Å². The molecule has 1 fully saturated rings. The lowest BCUT2D eigenvalue weighted by atomic mass is 10.2. The molecule has 1 heterocycles. The molecule has 0 atom stereocenters. The van der Waals surface area contributed by atoms with Gasteiger partial charge in [-0.1, -0.05) is 0 Å². The molecule has 0 aromatic rings. The van der Waals surface area contributed by atoms with E-state index in [2.05, 4.69) is 11.6 Å². The van der Waals surface area contributed by atoms with Gasteiger partial charge in [0.1, 0.15) is 0 Å². The largest absolute Gasteiger partial charge is 0.344 e. The number of nitrogens with zero attached hydrogens (tertiary/aromatic N) is 1. The molecule has 1 rings (SSSR count). The highest BCUT2D eigenvalue weighted by Gasteiger charge is 2.16. The van der Waals surface area contributed by atoms with Crippen molar-refractivity contribution in [3.63, 3.8) is 0 Å². The maximum Gasteiger partial charge on any atom is 0.232 e. The summed E-state index contributed by atoms with van der Waals surface area (Å²) in [6, 6.07) is 0. The average Bonchev–Trinajstić information content (AvgIpc) is 2.34. The van der Waals surface area contributed by atoms with E-state index in [1.165, 1.54) is 12.8 Å². The molecule has 94 valence electrons. The minimum atomic E-state index is 0.276. The molecule has 0 aromatic carbocycles. The van der Waals surface area contributed by atoms with Crippen molar-refractivity contribution in [3.05, 3.63) is 0 Å². The zero-order valence-electron chi connectivity index (χ0n) is 10.2. The summed E-state index contributed by atoms with van der Waals surface area (Å²) in [5.74, 6) is 1.95. The quantitative estimate of drug-likeness (QED) is 0.782. The van der Waals surface area contributed by atoms with Gasteiger partial charge < -0.3 is 10.2 Å². The molecular weight excluding hydrogens is 240 g/mol. The van der Waals surface area contributed by atoms with Gasteiger partial charge in [-0.15, -0.1) is 11.8 Å². The van der Waals surface area contributed by atoms with Crippen LogP contribution in [-0.2, 0) is 4.79 Å². The molecule has 1 saturated heterocycles. The maximum absolute atomic E-state index is 11.8. The fraction of sp³-hybridized carbons (Fsp3) is 0.909. The third-order valence-electron chi connectivity index (χ3n) is 2.79. The first-order chi connectivity index (χ1) is 7.74. The second-order valence-corrected chi connectivity index (χ2v) is 6.34. The van der Waals surface area contributed by atoms with Crippen molar-refractivity contribution in [3.8, 4) is 0 Å². The Morgan fingerprint density at radius 1 is 1.44 bits per heavy atom. The normalized spacial score (nSPS) is 17.4. The third-order valence-corrected chi connectivity index (χ3v) is 4.73. The van der Waals surface area contributed by atoms with E-state index in [0.29, 0.717) is 11.0 Å². The number of hydrogen-bond donors (Lipinski definition) is 1. The number of nitrogens with one attached hydrogen (secondary N) is 1. The number of hydrogen-bond acceptors (Lipinski definition) is 4. The van der Waals surface area contributed by atoms with Gasteiger partial charge in [-0.2, -0.15) is 11.8 Å². The topological polar surface area (TPSA) is 32.3 Å². The van der Waals surface area contributed by atoms with Gasteiger partial charge in [0.25, 0.3) is 0 Å². The molecule has 0 aromatic heterocycles. The molecule has 0 radical (unpaired) electrons. The Labute approximate surface area is 107 Å². The Morgan fingerprint density at radius 2 is 2.12 bits per heavy atom. The van der Waals surface area contributed by atoms with Crippen LogP contribution in [0.25, 0.3) is 0 Å². The van der Waals surface area contributed by atoms with Crippen LogP contribution in [0, 0.1) is 0 Å². The van der Waals surface area contributed by atoms with Crippen molar-refractivity contribution < 1.29 is 4.79 Å². The van der Waals surface area contributed by atoms with E-state index in [9.17, 15) is 4.79 Å². The van der Waals surface area contributed by atoms with Crippen LogP contribution < -0.4 is 5.32 Å². The van der Waals surface area contributed by atoms with Crippen LogP contribution >= 0.6 is 23.5 Å². The van der Waals surface area contributed by atoms with Crippen LogP contribution in [0.5, 0.6) is 0 Å². The van der Waals surface area contributed by atoms with E-state index in [0.717, 1.165) is 25.4 Å². The predicted molar refractivity (Wildman–Crippen MR) is 74.4 cm³/mol. The predicted octanol–water partition coefficient (Wildman–Crippen LogP) is 1.29. The highest BCUT2D eigenvalue weighted by Crippen LogP contribution is 2.20. The van der Waals surface area contributed by atoms with Crippen LogP contribution in [0.1, 0.15) is 12.8 Å². The highest BCUT2D eigenvalue weighted by molar-refractivity contribution is 8.00. The lowest BCUT2D eigenvalue weighted by Gasteiger charge is -2.23. The molecule has 1 aliphatic rings. The molecule has 1 N–H and O–H groups in total. The first kappa shape index (κ1) is 14.2. The van der Waals surface area contributed by atoms with Gasteiger partial charge in [0.15, 0.2) is 0 Å². The van der Waals surface area contributed by atoms with Gasteiger partial charge in [0, 0.05) is 24.6 Å². The molecule has 1 aliphatic heterocycles. The first-order valence-electron chi connectivity index (χ1n) is 5.79. The number of carbonyl (C=O) groups is 1. The Balaban J connectivity index is 2.12. The monoisotopic (exact) mass is 262 g/mol. The fourth-order valence-corrected chi connectivity index (χ4v) is 3.24. The summed E-state index contributed by atoms with van der Waals surface area (Å²) in [6.07, 6.45) is 4.47. The average molecular weight is 262 g/mol. The van der Waals surface area contributed by atoms with Crippen molar-refractivity contribution in [2.45, 2.75) is 18.1 Å². The molecule has 16 heavy (non-hydrogen) atoms. The van der Waals surface area contributed by atoms with Gasteiger partial charge in [-0.25, -0.2) is 0 Å². The fourth-order valence-electron chi connectivity index (χ4n) is 1.61. The van der Waals surface area contributed by atoms with E-state index in [-0.39, 0.29) is 5.91 Å². The van der Waals surface area contributed by atoms with Gasteiger partial charge in [0.2, 0.25) is 5.91 Å². The minimum absolute atomic E-state index is 0.276. The standard InChI is InChI=1S/C11H22N2OS2/c1-13(7-8-15-2)11(14)9-16-10-3-5-12-6-4-10/h10,12H,3-9H2,1-2H3. The number of carbonyl (C=O) groups excluding carboxylic acids is 1. The van der Waals surface area contributed by atoms with Crippen LogP contribution in [0.4, 0.5) is 0 Å². The van der Waals surface area contributed by atoms with Crippen molar-refractivity contribution in [1.29, 1.82) is 0 Å². The number of thioether (sulfide) groups is 2. The van der Waals surface area contributed by atoms with Gasteiger partial charge in [-0.3, -0.25) is 4.79 Å². The molecule has 1 amide bonds. The summed E-state index contributed by atoms with van der Waals surface area (Å²) < 4.78 is 0. The first-order valence-corrected chi connectivity index (χ1v) is 8.23. The van der Waals surface area contributed by atoms with Gasteiger partial charge in [-0.05, 0) is 32.2 Å². The Morgan fingerprint density at radius 3 is 2.75 bits per heavy atom. The number of amides is 1. The smallest absolute Gasteiger partial charge is 0.232 e.